The van der Waals surface area contributed by atoms with Gasteiger partial charge in [-0.25, -0.2) is 0 Å². The number of aliphatic carboxylic acids is 1. The number of ether oxygens (including phenoxy) is 2. The fourth-order valence-corrected chi connectivity index (χ4v) is 4.40. The smallest absolute Gasteiger partial charge is 0.307 e. The van der Waals surface area contributed by atoms with Crippen LogP contribution < -0.4 is 15.2 Å². The van der Waals surface area contributed by atoms with Crippen LogP contribution in [0.4, 0.5) is 0 Å². The van der Waals surface area contributed by atoms with Gasteiger partial charge in [0.05, 0.1) is 18.0 Å². The van der Waals surface area contributed by atoms with Gasteiger partial charge in [-0.2, -0.15) is 5.10 Å². The monoisotopic (exact) mass is 457 g/mol. The number of nitrogens with two attached hydrogens (primary N) is 1. The second kappa shape index (κ2) is 8.83. The predicted molar refractivity (Wildman–Crippen MR) is 130 cm³/mol. The Morgan fingerprint density at radius 2 is 1.94 bits per heavy atom. The Morgan fingerprint density at radius 3 is 2.74 bits per heavy atom. The molecule has 7 nitrogen and oxygen atoms in total. The van der Waals surface area contributed by atoms with Gasteiger partial charge in [-0.1, -0.05) is 30.3 Å². The summed E-state index contributed by atoms with van der Waals surface area (Å²) in [5.74, 6) is 0.509. The average molecular weight is 458 g/mol. The molecule has 1 atom stereocenters. The number of aromatic nitrogens is 2. The Kier molecular flexibility index (Phi) is 5.71. The third-order valence-electron chi connectivity index (χ3n) is 6.11. The first kappa shape index (κ1) is 22.0. The molecule has 1 unspecified atom stereocenters. The summed E-state index contributed by atoms with van der Waals surface area (Å²) < 4.78 is 13.7. The zero-order valence-corrected chi connectivity index (χ0v) is 19.2. The first-order valence-corrected chi connectivity index (χ1v) is 11.4. The number of fused-ring (bicyclic) bond motifs is 2. The summed E-state index contributed by atoms with van der Waals surface area (Å²) >= 11 is 0. The van der Waals surface area contributed by atoms with E-state index in [-0.39, 0.29) is 25.1 Å². The summed E-state index contributed by atoms with van der Waals surface area (Å²) in [4.78, 5) is 11.2. The van der Waals surface area contributed by atoms with Crippen LogP contribution >= 0.6 is 0 Å². The van der Waals surface area contributed by atoms with Gasteiger partial charge < -0.3 is 20.3 Å². The topological polar surface area (TPSA) is 99.6 Å². The van der Waals surface area contributed by atoms with Crippen LogP contribution in [-0.2, 0) is 17.8 Å². The lowest BCUT2D eigenvalue weighted by molar-refractivity contribution is -0.136. The zero-order chi connectivity index (χ0) is 23.8. The fourth-order valence-electron chi connectivity index (χ4n) is 4.40. The second-order valence-corrected chi connectivity index (χ2v) is 8.85. The maximum atomic E-state index is 11.2. The number of benzene rings is 3. The molecule has 1 aromatic heterocycles. The second-order valence-electron chi connectivity index (χ2n) is 8.85. The Hall–Kier alpha value is -3.84. The maximum Gasteiger partial charge on any atom is 0.307 e. The lowest BCUT2D eigenvalue weighted by Crippen LogP contribution is -2.10. The van der Waals surface area contributed by atoms with E-state index in [0.717, 1.165) is 39.0 Å². The van der Waals surface area contributed by atoms with Crippen molar-refractivity contribution in [1.29, 1.82) is 0 Å². The summed E-state index contributed by atoms with van der Waals surface area (Å²) in [5, 5.41) is 15.0. The molecular formula is C27H27N3O4. The molecule has 1 aliphatic heterocycles. The number of hydrogen-bond donors (Lipinski definition) is 2. The van der Waals surface area contributed by atoms with E-state index in [0.29, 0.717) is 17.9 Å². The van der Waals surface area contributed by atoms with E-state index in [4.69, 9.17) is 20.3 Å². The Bertz CT molecular complexity index is 1380. The molecule has 0 aliphatic carbocycles. The van der Waals surface area contributed by atoms with E-state index in [1.807, 2.05) is 28.9 Å². The van der Waals surface area contributed by atoms with Gasteiger partial charge in [0.1, 0.15) is 30.4 Å². The minimum absolute atomic E-state index is 0.0916. The van der Waals surface area contributed by atoms with Crippen molar-refractivity contribution < 1.29 is 19.4 Å². The van der Waals surface area contributed by atoms with Crippen LogP contribution in [0.5, 0.6) is 11.5 Å². The molecule has 0 saturated carbocycles. The minimum Gasteiger partial charge on any atom is -0.491 e. The minimum atomic E-state index is -0.894. The van der Waals surface area contributed by atoms with Gasteiger partial charge in [0.2, 0.25) is 0 Å². The van der Waals surface area contributed by atoms with Crippen molar-refractivity contribution in [3.8, 4) is 22.6 Å². The van der Waals surface area contributed by atoms with Crippen LogP contribution in [0, 0.1) is 0 Å². The first-order chi connectivity index (χ1) is 16.4. The highest BCUT2D eigenvalue weighted by Gasteiger charge is 2.21. The predicted octanol–water partition coefficient (Wildman–Crippen LogP) is 4.88. The third-order valence-corrected chi connectivity index (χ3v) is 6.11. The van der Waals surface area contributed by atoms with Gasteiger partial charge in [-0.05, 0) is 55.3 Å². The number of carbonyl (C=O) groups is 1. The van der Waals surface area contributed by atoms with Gasteiger partial charge in [-0.3, -0.25) is 9.48 Å². The summed E-state index contributed by atoms with van der Waals surface area (Å²) in [7, 11) is 0. The fraction of sp³-hybridized carbons (Fsp3) is 0.259. The molecule has 3 N–H and O–H groups in total. The number of hydrogen-bond acceptors (Lipinski definition) is 5. The molecule has 1 aliphatic rings. The molecule has 2 heterocycles. The number of carboxylic acid groups (broad SMARTS) is 1. The zero-order valence-electron chi connectivity index (χ0n) is 19.2. The van der Waals surface area contributed by atoms with Crippen molar-refractivity contribution in [2.24, 2.45) is 5.73 Å². The molecule has 0 saturated heterocycles. The van der Waals surface area contributed by atoms with Crippen molar-refractivity contribution in [3.05, 3.63) is 77.5 Å². The van der Waals surface area contributed by atoms with Gasteiger partial charge in [-0.15, -0.1) is 0 Å². The Labute approximate surface area is 197 Å². The van der Waals surface area contributed by atoms with E-state index in [2.05, 4.69) is 38.1 Å². The largest absolute Gasteiger partial charge is 0.491 e. The lowest BCUT2D eigenvalue weighted by atomic mass is 9.99. The average Bonchev–Trinajstić information content (AvgIpc) is 3.38. The summed E-state index contributed by atoms with van der Waals surface area (Å²) in [5.41, 5.74) is 11.8. The van der Waals surface area contributed by atoms with E-state index in [1.165, 1.54) is 0 Å². The Balaban J connectivity index is 1.51. The Morgan fingerprint density at radius 1 is 1.18 bits per heavy atom. The first-order valence-electron chi connectivity index (χ1n) is 11.4. The standard InChI is InChI=1S/C27H27N3O4/c1-16(2)30-24-9-7-17(18-8-10-26-20(11-18)22(28)14-33-26)12-21(24)23(29-30)15-34-25-6-4-3-5-19(25)13-27(31)32/h3-12,16,22H,13-15,28H2,1-2H3,(H,31,32). The quantitative estimate of drug-likeness (QED) is 0.410. The van der Waals surface area contributed by atoms with Crippen molar-refractivity contribution in [2.45, 2.75) is 39.0 Å². The van der Waals surface area contributed by atoms with Crippen molar-refractivity contribution in [2.75, 3.05) is 6.61 Å². The highest BCUT2D eigenvalue weighted by atomic mass is 16.5. The van der Waals surface area contributed by atoms with Gasteiger partial charge in [0.15, 0.2) is 0 Å². The lowest BCUT2D eigenvalue weighted by Gasteiger charge is -2.10. The SMILES string of the molecule is CC(C)n1nc(COc2ccccc2CC(=O)O)c2cc(-c3ccc4c(c3)C(N)CO4)ccc21. The molecule has 4 aromatic rings. The maximum absolute atomic E-state index is 11.2. The van der Waals surface area contributed by atoms with Crippen molar-refractivity contribution in [3.63, 3.8) is 0 Å². The molecule has 0 fully saturated rings. The summed E-state index contributed by atoms with van der Waals surface area (Å²) in [6.45, 7) is 4.92. The molecule has 5 rings (SSSR count). The highest BCUT2D eigenvalue weighted by molar-refractivity contribution is 5.87. The molecule has 0 amide bonds. The van der Waals surface area contributed by atoms with Crippen LogP contribution in [0.1, 0.15) is 42.8 Å². The molecular weight excluding hydrogens is 430 g/mol. The van der Waals surface area contributed by atoms with Crippen LogP contribution in [0.25, 0.3) is 22.0 Å². The van der Waals surface area contributed by atoms with Gasteiger partial charge in [0.25, 0.3) is 0 Å². The van der Waals surface area contributed by atoms with E-state index >= 15 is 0 Å². The molecule has 34 heavy (non-hydrogen) atoms. The summed E-state index contributed by atoms with van der Waals surface area (Å²) in [6.07, 6.45) is -0.0916. The van der Waals surface area contributed by atoms with E-state index < -0.39 is 5.97 Å². The molecule has 0 spiro atoms. The van der Waals surface area contributed by atoms with E-state index in [9.17, 15) is 9.90 Å². The highest BCUT2D eigenvalue weighted by Crippen LogP contribution is 2.36. The molecule has 174 valence electrons. The van der Waals surface area contributed by atoms with E-state index in [1.54, 1.807) is 12.1 Å². The van der Waals surface area contributed by atoms with Crippen LogP contribution in [0.3, 0.4) is 0 Å². The van der Waals surface area contributed by atoms with Crippen LogP contribution in [0.15, 0.2) is 60.7 Å². The number of rotatable bonds is 7. The van der Waals surface area contributed by atoms with Crippen LogP contribution in [0.2, 0.25) is 0 Å². The van der Waals surface area contributed by atoms with Crippen molar-refractivity contribution >= 4 is 16.9 Å². The van der Waals surface area contributed by atoms with Crippen LogP contribution in [-0.4, -0.2) is 27.5 Å². The number of nitrogens with zero attached hydrogens (tertiary/aromatic N) is 2. The van der Waals surface area contributed by atoms with Gasteiger partial charge >= 0.3 is 5.97 Å². The third kappa shape index (κ3) is 4.10. The molecule has 3 aromatic carbocycles. The number of para-hydroxylation sites is 1. The molecule has 7 heteroatoms. The van der Waals surface area contributed by atoms with Gasteiger partial charge in [0, 0.05) is 22.6 Å². The molecule has 0 radical (unpaired) electrons. The number of carboxylic acids is 1. The normalized spacial score (nSPS) is 14.9. The van der Waals surface area contributed by atoms with Crippen molar-refractivity contribution in [1.82, 2.24) is 9.78 Å². The summed E-state index contributed by atoms with van der Waals surface area (Å²) in [6, 6.07) is 19.7. The molecule has 0 bridgehead atoms.